The zero-order chi connectivity index (χ0) is 15.2. The van der Waals surface area contributed by atoms with E-state index in [1.807, 2.05) is 0 Å². The van der Waals surface area contributed by atoms with Crippen molar-refractivity contribution in [1.82, 2.24) is 4.98 Å². The summed E-state index contributed by atoms with van der Waals surface area (Å²) in [6.45, 7) is -0.526. The van der Waals surface area contributed by atoms with Crippen molar-refractivity contribution in [1.29, 1.82) is 0 Å². The van der Waals surface area contributed by atoms with Crippen molar-refractivity contribution < 1.29 is 23.8 Å². The number of aliphatic carboxylic acids is 1. The predicted octanol–water partition coefficient (Wildman–Crippen LogP) is 1.94. The Kier molecular flexibility index (Phi) is 4.45. The first kappa shape index (κ1) is 14.4. The minimum atomic E-state index is -1.13. The lowest BCUT2D eigenvalue weighted by Crippen LogP contribution is -2.16. The number of anilines is 1. The molecule has 0 aliphatic rings. The highest BCUT2D eigenvalue weighted by Gasteiger charge is 2.11. The molecule has 0 radical (unpaired) electrons. The largest absolute Gasteiger partial charge is 0.480 e. The Balaban J connectivity index is 2.13. The van der Waals surface area contributed by atoms with Crippen LogP contribution in [0.15, 0.2) is 42.6 Å². The third kappa shape index (κ3) is 4.00. The molecule has 21 heavy (non-hydrogen) atoms. The van der Waals surface area contributed by atoms with Gasteiger partial charge in [0.25, 0.3) is 5.91 Å². The fraction of sp³-hybridized carbons (Fsp3) is 0.0714. The zero-order valence-electron chi connectivity index (χ0n) is 10.7. The highest BCUT2D eigenvalue weighted by Crippen LogP contribution is 2.24. The Morgan fingerprint density at radius 3 is 2.67 bits per heavy atom. The van der Waals surface area contributed by atoms with Gasteiger partial charge in [0.05, 0.1) is 11.9 Å². The van der Waals surface area contributed by atoms with Gasteiger partial charge in [0.2, 0.25) is 0 Å². The van der Waals surface area contributed by atoms with E-state index in [0.717, 1.165) is 12.3 Å². The molecular formula is C14H11FN2O4. The molecule has 0 saturated carbocycles. The van der Waals surface area contributed by atoms with Crippen LogP contribution in [0.1, 0.15) is 10.5 Å². The maximum absolute atomic E-state index is 12.7. The summed E-state index contributed by atoms with van der Waals surface area (Å²) in [6, 6.07) is 8.74. The topological polar surface area (TPSA) is 88.5 Å². The average molecular weight is 290 g/mol. The first-order valence-electron chi connectivity index (χ1n) is 5.93. The van der Waals surface area contributed by atoms with Crippen LogP contribution in [0.25, 0.3) is 0 Å². The molecule has 1 heterocycles. The van der Waals surface area contributed by atoms with E-state index in [1.54, 1.807) is 18.2 Å². The number of halogens is 1. The highest BCUT2D eigenvalue weighted by atomic mass is 19.1. The smallest absolute Gasteiger partial charge is 0.341 e. The van der Waals surface area contributed by atoms with Gasteiger partial charge < -0.3 is 15.2 Å². The number of hydrogen-bond donors (Lipinski definition) is 2. The molecule has 1 amide bonds. The third-order valence-corrected chi connectivity index (χ3v) is 2.45. The average Bonchev–Trinajstić information content (AvgIpc) is 2.47. The molecule has 0 aliphatic carbocycles. The monoisotopic (exact) mass is 290 g/mol. The molecule has 2 rings (SSSR count). The van der Waals surface area contributed by atoms with Crippen LogP contribution in [0, 0.1) is 5.82 Å². The second-order valence-electron chi connectivity index (χ2n) is 3.99. The number of para-hydroxylation sites is 2. The van der Waals surface area contributed by atoms with Crippen molar-refractivity contribution in [3.8, 4) is 5.75 Å². The zero-order valence-corrected chi connectivity index (χ0v) is 10.7. The van der Waals surface area contributed by atoms with Gasteiger partial charge in [-0.1, -0.05) is 12.1 Å². The number of carboxylic acids is 1. The summed E-state index contributed by atoms with van der Waals surface area (Å²) >= 11 is 0. The fourth-order valence-corrected chi connectivity index (χ4v) is 1.53. The van der Waals surface area contributed by atoms with Crippen LogP contribution >= 0.6 is 0 Å². The molecule has 0 saturated heterocycles. The number of hydrogen-bond acceptors (Lipinski definition) is 4. The minimum Gasteiger partial charge on any atom is -0.480 e. The normalized spacial score (nSPS) is 9.95. The van der Waals surface area contributed by atoms with E-state index in [0.29, 0.717) is 5.69 Å². The SMILES string of the molecule is O=C(O)COc1ccccc1NC(=O)c1ccc(F)cn1. The minimum absolute atomic E-state index is 0.0319. The molecule has 1 aromatic heterocycles. The molecule has 0 fully saturated rings. The van der Waals surface area contributed by atoms with Gasteiger partial charge in [0, 0.05) is 0 Å². The molecule has 0 bridgehead atoms. The van der Waals surface area contributed by atoms with Gasteiger partial charge in [-0.3, -0.25) is 4.79 Å². The van der Waals surface area contributed by atoms with E-state index >= 15 is 0 Å². The molecule has 7 heteroatoms. The first-order chi connectivity index (χ1) is 10.1. The van der Waals surface area contributed by atoms with Crippen LogP contribution in [0.2, 0.25) is 0 Å². The van der Waals surface area contributed by atoms with Crippen molar-refractivity contribution in [2.24, 2.45) is 0 Å². The molecule has 0 aliphatic heterocycles. The van der Waals surface area contributed by atoms with E-state index in [-0.39, 0.29) is 11.4 Å². The summed E-state index contributed by atoms with van der Waals surface area (Å²) in [5.41, 5.74) is 0.333. The number of ether oxygens (including phenoxy) is 1. The summed E-state index contributed by atoms with van der Waals surface area (Å²) in [6.07, 6.45) is 0.932. The van der Waals surface area contributed by atoms with Gasteiger partial charge in [0.1, 0.15) is 17.3 Å². The van der Waals surface area contributed by atoms with Crippen LogP contribution < -0.4 is 10.1 Å². The van der Waals surface area contributed by atoms with Crippen LogP contribution in [0.4, 0.5) is 10.1 Å². The number of amides is 1. The first-order valence-corrected chi connectivity index (χ1v) is 5.93. The number of rotatable bonds is 5. The highest BCUT2D eigenvalue weighted by molar-refractivity contribution is 6.03. The predicted molar refractivity (Wildman–Crippen MR) is 71.7 cm³/mol. The molecular weight excluding hydrogens is 279 g/mol. The van der Waals surface area contributed by atoms with Crippen LogP contribution in [0.3, 0.4) is 0 Å². The molecule has 2 N–H and O–H groups in total. The number of nitrogens with one attached hydrogen (secondary N) is 1. The van der Waals surface area contributed by atoms with E-state index in [1.165, 1.54) is 12.1 Å². The van der Waals surface area contributed by atoms with Gasteiger partial charge in [-0.05, 0) is 24.3 Å². The maximum atomic E-state index is 12.7. The lowest BCUT2D eigenvalue weighted by Gasteiger charge is -2.10. The number of benzene rings is 1. The van der Waals surface area contributed by atoms with Crippen molar-refractivity contribution in [2.45, 2.75) is 0 Å². The number of aromatic nitrogens is 1. The van der Waals surface area contributed by atoms with Crippen LogP contribution in [-0.4, -0.2) is 28.6 Å². The summed E-state index contributed by atoms with van der Waals surface area (Å²) in [7, 11) is 0. The van der Waals surface area contributed by atoms with Gasteiger partial charge in [-0.15, -0.1) is 0 Å². The second-order valence-corrected chi connectivity index (χ2v) is 3.99. The number of carbonyl (C=O) groups is 2. The molecule has 2 aromatic rings. The number of carboxylic acid groups (broad SMARTS) is 1. The summed E-state index contributed by atoms with van der Waals surface area (Å²) in [4.78, 5) is 26.1. The number of carbonyl (C=O) groups excluding carboxylic acids is 1. The summed E-state index contributed by atoms with van der Waals surface area (Å²) < 4.78 is 17.8. The molecule has 108 valence electrons. The van der Waals surface area contributed by atoms with Gasteiger partial charge in [-0.25, -0.2) is 14.2 Å². The van der Waals surface area contributed by atoms with Crippen LogP contribution in [0.5, 0.6) is 5.75 Å². The van der Waals surface area contributed by atoms with E-state index in [4.69, 9.17) is 9.84 Å². The summed E-state index contributed by atoms with van der Waals surface area (Å²) in [5.74, 6) is -2.01. The van der Waals surface area contributed by atoms with Gasteiger partial charge >= 0.3 is 5.97 Å². The standard InChI is InChI=1S/C14H11FN2O4/c15-9-5-6-11(16-7-9)14(20)17-10-3-1-2-4-12(10)21-8-13(18)19/h1-7H,8H2,(H,17,20)(H,18,19). The Morgan fingerprint density at radius 1 is 1.24 bits per heavy atom. The Hall–Kier alpha value is -2.96. The van der Waals surface area contributed by atoms with E-state index in [2.05, 4.69) is 10.3 Å². The molecule has 0 unspecified atom stereocenters. The molecule has 0 spiro atoms. The molecule has 0 atom stereocenters. The van der Waals surface area contributed by atoms with Crippen molar-refractivity contribution in [2.75, 3.05) is 11.9 Å². The van der Waals surface area contributed by atoms with Gasteiger partial charge in [0.15, 0.2) is 6.61 Å². The summed E-state index contributed by atoms with van der Waals surface area (Å²) in [5, 5.41) is 11.1. The lowest BCUT2D eigenvalue weighted by atomic mass is 10.2. The third-order valence-electron chi connectivity index (χ3n) is 2.45. The molecule has 1 aromatic carbocycles. The Bertz CT molecular complexity index is 658. The van der Waals surface area contributed by atoms with Crippen LogP contribution in [-0.2, 0) is 4.79 Å². The maximum Gasteiger partial charge on any atom is 0.341 e. The van der Waals surface area contributed by atoms with Crippen molar-refractivity contribution in [3.05, 3.63) is 54.1 Å². The fourth-order valence-electron chi connectivity index (χ4n) is 1.53. The number of nitrogens with zero attached hydrogens (tertiary/aromatic N) is 1. The number of pyridine rings is 1. The Morgan fingerprint density at radius 2 is 2.00 bits per heavy atom. The van der Waals surface area contributed by atoms with Crippen molar-refractivity contribution >= 4 is 17.6 Å². The van der Waals surface area contributed by atoms with Crippen molar-refractivity contribution in [3.63, 3.8) is 0 Å². The van der Waals surface area contributed by atoms with E-state index in [9.17, 15) is 14.0 Å². The second kappa shape index (κ2) is 6.47. The lowest BCUT2D eigenvalue weighted by molar-refractivity contribution is -0.139. The Labute approximate surface area is 119 Å². The quantitative estimate of drug-likeness (QED) is 0.878. The molecule has 6 nitrogen and oxygen atoms in total. The van der Waals surface area contributed by atoms with E-state index < -0.39 is 24.3 Å². The van der Waals surface area contributed by atoms with Gasteiger partial charge in [-0.2, -0.15) is 0 Å².